The summed E-state index contributed by atoms with van der Waals surface area (Å²) in [5.41, 5.74) is 0. The average molecular weight is 145 g/mol. The van der Waals surface area contributed by atoms with Crippen LogP contribution in [-0.2, 0) is 19.5 Å². The van der Waals surface area contributed by atoms with E-state index in [0.29, 0.717) is 0 Å². The number of allylic oxidation sites excluding steroid dienone is 1. The fourth-order valence-electron chi connectivity index (χ4n) is 0. The average Bonchev–Trinajstić information content (AvgIpc) is 1.78. The van der Waals surface area contributed by atoms with Gasteiger partial charge in [-0.2, -0.15) is 13.8 Å². The molecule has 0 spiro atoms. The predicted octanol–water partition coefficient (Wildman–Crippen LogP) is 1.71. The Bertz CT molecular complexity index is 22.0. The molecule has 0 saturated heterocycles. The van der Waals surface area contributed by atoms with Crippen LogP contribution in [0.4, 0.5) is 0 Å². The molecular weight excluding hydrogens is 135 g/mol. The Morgan fingerprint density at radius 1 is 1.57 bits per heavy atom. The molecule has 0 N–H and O–H groups in total. The van der Waals surface area contributed by atoms with E-state index in [1.807, 2.05) is 0 Å². The summed E-state index contributed by atoms with van der Waals surface area (Å²) in [7, 11) is 0. The standard InChI is InChI=1S/C3H5.C2H5.Co.O/c1-3-2;1-2;;/h1H2,2H3;1H2,2H3;;/q2*-1;;. The van der Waals surface area contributed by atoms with E-state index in [9.17, 15) is 0 Å². The van der Waals surface area contributed by atoms with Gasteiger partial charge < -0.3 is 13.0 Å². The zero-order valence-electron chi connectivity index (χ0n) is 4.66. The third-order valence-electron chi connectivity index (χ3n) is 0. The van der Waals surface area contributed by atoms with Gasteiger partial charge in [0.25, 0.3) is 0 Å². The molecule has 0 amide bonds. The third-order valence-corrected chi connectivity index (χ3v) is 0. The van der Waals surface area contributed by atoms with Crippen LogP contribution >= 0.6 is 0 Å². The van der Waals surface area contributed by atoms with E-state index in [-0.39, 0.29) is 0 Å². The molecule has 0 unspecified atom stereocenters. The molecule has 0 rings (SSSR count). The second-order valence-electron chi connectivity index (χ2n) is 0.354. The molecule has 0 aromatic rings. The molecule has 0 aliphatic heterocycles. The molecule has 0 bridgehead atoms. The van der Waals surface area contributed by atoms with Gasteiger partial charge >= 0.3 is 19.5 Å². The molecule has 0 aromatic carbocycles. The van der Waals surface area contributed by atoms with Crippen LogP contribution in [0.5, 0.6) is 0 Å². The second-order valence-corrected chi connectivity index (χ2v) is 0.354. The minimum atomic E-state index is 1.75. The number of hydrogen-bond acceptors (Lipinski definition) is 1. The van der Waals surface area contributed by atoms with Crippen molar-refractivity contribution in [3.8, 4) is 0 Å². The summed E-state index contributed by atoms with van der Waals surface area (Å²) < 4.78 is 7.94. The number of hydrogen-bond donors (Lipinski definition) is 0. The zero-order chi connectivity index (χ0) is 6.71. The fraction of sp³-hybridized carbons (Fsp3) is 0.400. The van der Waals surface area contributed by atoms with Crippen molar-refractivity contribution >= 4 is 0 Å². The van der Waals surface area contributed by atoms with E-state index < -0.39 is 0 Å². The van der Waals surface area contributed by atoms with Gasteiger partial charge in [-0.25, -0.2) is 0 Å². The van der Waals surface area contributed by atoms with Gasteiger partial charge in [0.05, 0.1) is 0 Å². The van der Waals surface area contributed by atoms with Crippen LogP contribution in [0, 0.1) is 13.0 Å². The van der Waals surface area contributed by atoms with Gasteiger partial charge in [-0.3, -0.25) is 6.58 Å². The van der Waals surface area contributed by atoms with Crippen LogP contribution < -0.4 is 0 Å². The molecular formula is C5H10CoO-2. The summed E-state index contributed by atoms with van der Waals surface area (Å²) in [5, 5.41) is 0. The molecule has 2 heteroatoms. The first-order chi connectivity index (χ1) is 3.41. The van der Waals surface area contributed by atoms with E-state index in [2.05, 4.69) is 35.2 Å². The van der Waals surface area contributed by atoms with E-state index in [1.54, 1.807) is 13.8 Å². The summed E-state index contributed by atoms with van der Waals surface area (Å²) >= 11 is 2.31. The van der Waals surface area contributed by atoms with Crippen molar-refractivity contribution in [2.24, 2.45) is 0 Å². The quantitative estimate of drug-likeness (QED) is 0.474. The van der Waals surface area contributed by atoms with Gasteiger partial charge in [-0.1, -0.05) is 0 Å². The maximum absolute atomic E-state index is 7.94. The van der Waals surface area contributed by atoms with Crippen LogP contribution in [0.25, 0.3) is 0 Å². The number of rotatable bonds is 0. The van der Waals surface area contributed by atoms with Crippen molar-refractivity contribution < 1.29 is 19.5 Å². The van der Waals surface area contributed by atoms with Crippen molar-refractivity contribution in [3.05, 3.63) is 19.6 Å². The Labute approximate surface area is 53.6 Å². The molecule has 0 fully saturated rings. The monoisotopic (exact) mass is 145 g/mol. The van der Waals surface area contributed by atoms with Crippen molar-refractivity contribution in [3.63, 3.8) is 0 Å². The Hall–Kier alpha value is 0.0465. The topological polar surface area (TPSA) is 17.1 Å². The molecule has 0 radical (unpaired) electrons. The zero-order valence-corrected chi connectivity index (χ0v) is 5.70. The van der Waals surface area contributed by atoms with Gasteiger partial charge in [-0.05, 0) is 0 Å². The van der Waals surface area contributed by atoms with E-state index in [0.717, 1.165) is 0 Å². The normalized spacial score (nSPS) is 3.43. The summed E-state index contributed by atoms with van der Waals surface area (Å²) in [5.74, 6) is 0. The summed E-state index contributed by atoms with van der Waals surface area (Å²) in [4.78, 5) is 0. The van der Waals surface area contributed by atoms with Crippen LogP contribution in [-0.4, -0.2) is 0 Å². The summed E-state index contributed by atoms with van der Waals surface area (Å²) in [6.07, 6.45) is 2.50. The SMILES string of the molecule is C=[C-]C.[CH2-]C.[O]=[Co]. The van der Waals surface area contributed by atoms with Crippen molar-refractivity contribution in [1.29, 1.82) is 0 Å². The van der Waals surface area contributed by atoms with Crippen LogP contribution in [0.15, 0.2) is 6.58 Å². The maximum atomic E-state index is 7.94. The molecule has 0 saturated carbocycles. The minimum absolute atomic E-state index is 1.75. The molecule has 1 nitrogen and oxygen atoms in total. The van der Waals surface area contributed by atoms with E-state index in [1.165, 1.54) is 0 Å². The fourth-order valence-corrected chi connectivity index (χ4v) is 0. The Kier molecular flexibility index (Phi) is 316. The Balaban J connectivity index is -0.0000000360. The van der Waals surface area contributed by atoms with Gasteiger partial charge in [0.2, 0.25) is 0 Å². The molecule has 7 heavy (non-hydrogen) atoms. The first-order valence-electron chi connectivity index (χ1n) is 1.70. The molecule has 0 heterocycles. The third kappa shape index (κ3) is 45800. The Morgan fingerprint density at radius 2 is 1.57 bits per heavy atom. The Morgan fingerprint density at radius 3 is 1.57 bits per heavy atom. The molecule has 0 aromatic heterocycles. The molecule has 47 valence electrons. The van der Waals surface area contributed by atoms with Gasteiger partial charge in [0.1, 0.15) is 0 Å². The van der Waals surface area contributed by atoms with Gasteiger partial charge in [0.15, 0.2) is 0 Å². The summed E-state index contributed by atoms with van der Waals surface area (Å²) in [6, 6.07) is 0. The first kappa shape index (κ1) is 15.7. The van der Waals surface area contributed by atoms with Crippen LogP contribution in [0.3, 0.4) is 0 Å². The molecule has 0 aliphatic carbocycles. The molecule has 0 atom stereocenters. The van der Waals surface area contributed by atoms with E-state index >= 15 is 0 Å². The van der Waals surface area contributed by atoms with E-state index in [4.69, 9.17) is 3.87 Å². The van der Waals surface area contributed by atoms with Gasteiger partial charge in [-0.15, -0.1) is 0 Å². The van der Waals surface area contributed by atoms with Crippen molar-refractivity contribution in [2.75, 3.05) is 0 Å². The summed E-state index contributed by atoms with van der Waals surface area (Å²) in [6.45, 7) is 10.0. The van der Waals surface area contributed by atoms with Crippen molar-refractivity contribution in [1.82, 2.24) is 0 Å². The molecule has 0 aliphatic rings. The predicted molar refractivity (Wildman–Crippen MR) is 26.3 cm³/mol. The van der Waals surface area contributed by atoms with Crippen molar-refractivity contribution in [2.45, 2.75) is 13.8 Å². The van der Waals surface area contributed by atoms with Gasteiger partial charge in [0, 0.05) is 0 Å². The van der Waals surface area contributed by atoms with Crippen LogP contribution in [0.1, 0.15) is 13.8 Å². The second kappa shape index (κ2) is 141. The first-order valence-corrected chi connectivity index (χ1v) is 2.12. The van der Waals surface area contributed by atoms with Crippen LogP contribution in [0.2, 0.25) is 0 Å².